The zero-order valence-electron chi connectivity index (χ0n) is 19.4. The first kappa shape index (κ1) is 25.6. The lowest BCUT2D eigenvalue weighted by molar-refractivity contribution is -0.144. The van der Waals surface area contributed by atoms with Crippen LogP contribution in [0.25, 0.3) is 0 Å². The van der Waals surface area contributed by atoms with Crippen molar-refractivity contribution >= 4 is 29.5 Å². The highest BCUT2D eigenvalue weighted by molar-refractivity contribution is 6.44. The first-order valence-corrected chi connectivity index (χ1v) is 11.5. The van der Waals surface area contributed by atoms with Crippen molar-refractivity contribution in [1.29, 1.82) is 0 Å². The third-order valence-electron chi connectivity index (χ3n) is 6.37. The minimum atomic E-state index is -1.66. The number of nitrogens with zero attached hydrogens (tertiary/aromatic N) is 2. The molecule has 1 heterocycles. The van der Waals surface area contributed by atoms with E-state index in [0.29, 0.717) is 19.3 Å². The van der Waals surface area contributed by atoms with Crippen LogP contribution in [0.4, 0.5) is 19.4 Å². The molecule has 3 amide bonds. The van der Waals surface area contributed by atoms with Crippen LogP contribution in [0.1, 0.15) is 58.3 Å². The Morgan fingerprint density at radius 3 is 2.38 bits per heavy atom. The standard InChI is InChI=1S/C22H31F2N5O5/c1-14(13-23)34-20(33)25-15(12-21(24)7-3-4-8-21)18(31)27-22(9-5-10-22)17(30)19(32)26-16-6-11-29(2)28-16/h6,11,14-15H,3-5,7-10,12-13H2,1-2H3,(H,25,33)(H,27,31)(H,26,28,32)/t14?,15-/m0/s1. The molecule has 34 heavy (non-hydrogen) atoms. The van der Waals surface area contributed by atoms with Crippen LogP contribution in [0.5, 0.6) is 0 Å². The normalized spacial score (nSPS) is 19.9. The van der Waals surface area contributed by atoms with E-state index in [4.69, 9.17) is 4.74 Å². The molecule has 0 spiro atoms. The second kappa shape index (κ2) is 10.5. The average molecular weight is 484 g/mol. The zero-order chi connectivity index (χ0) is 24.9. The molecule has 3 N–H and O–H groups in total. The molecule has 0 bridgehead atoms. The van der Waals surface area contributed by atoms with Crippen LogP contribution in [0, 0.1) is 0 Å². The van der Waals surface area contributed by atoms with Gasteiger partial charge in [0.15, 0.2) is 5.82 Å². The lowest BCUT2D eigenvalue weighted by Crippen LogP contribution is -2.65. The quantitative estimate of drug-likeness (QED) is 0.437. The van der Waals surface area contributed by atoms with E-state index in [9.17, 15) is 23.6 Å². The Morgan fingerprint density at radius 2 is 1.85 bits per heavy atom. The summed E-state index contributed by atoms with van der Waals surface area (Å²) in [4.78, 5) is 50.8. The van der Waals surface area contributed by atoms with E-state index in [-0.39, 0.29) is 37.9 Å². The Bertz CT molecular complexity index is 927. The van der Waals surface area contributed by atoms with Gasteiger partial charge in [-0.25, -0.2) is 13.6 Å². The number of carbonyl (C=O) groups excluding carboxylic acids is 4. The van der Waals surface area contributed by atoms with Crippen molar-refractivity contribution in [2.24, 2.45) is 7.05 Å². The van der Waals surface area contributed by atoms with Crippen molar-refractivity contribution in [2.45, 2.75) is 81.6 Å². The molecular weight excluding hydrogens is 452 g/mol. The summed E-state index contributed by atoms with van der Waals surface area (Å²) in [5, 5.41) is 11.3. The Balaban J connectivity index is 1.71. The Kier molecular flexibility index (Phi) is 7.88. The molecule has 0 radical (unpaired) electrons. The number of rotatable bonds is 10. The van der Waals surface area contributed by atoms with E-state index in [2.05, 4.69) is 21.0 Å². The van der Waals surface area contributed by atoms with E-state index >= 15 is 4.39 Å². The highest BCUT2D eigenvalue weighted by atomic mass is 19.1. The summed E-state index contributed by atoms with van der Waals surface area (Å²) in [5.41, 5.74) is -3.11. The Hall–Kier alpha value is -3.05. The Morgan fingerprint density at radius 1 is 1.18 bits per heavy atom. The highest BCUT2D eigenvalue weighted by Gasteiger charge is 2.50. The van der Waals surface area contributed by atoms with Crippen molar-refractivity contribution < 1.29 is 32.7 Å². The smallest absolute Gasteiger partial charge is 0.408 e. The van der Waals surface area contributed by atoms with E-state index in [0.717, 1.165) is 0 Å². The van der Waals surface area contributed by atoms with Crippen LogP contribution >= 0.6 is 0 Å². The van der Waals surface area contributed by atoms with Gasteiger partial charge in [-0.3, -0.25) is 19.1 Å². The zero-order valence-corrected chi connectivity index (χ0v) is 19.4. The summed E-state index contributed by atoms with van der Waals surface area (Å²) in [6.07, 6.45) is 2.03. The molecule has 2 atom stereocenters. The van der Waals surface area contributed by atoms with Gasteiger partial charge in [-0.15, -0.1) is 0 Å². The van der Waals surface area contributed by atoms with Crippen LogP contribution in [0.15, 0.2) is 12.3 Å². The predicted octanol–water partition coefficient (Wildman–Crippen LogP) is 2.09. The van der Waals surface area contributed by atoms with E-state index < -0.39 is 53.7 Å². The van der Waals surface area contributed by atoms with Gasteiger partial charge in [-0.1, -0.05) is 12.8 Å². The van der Waals surface area contributed by atoms with Crippen molar-refractivity contribution in [1.82, 2.24) is 20.4 Å². The number of halogens is 2. The minimum Gasteiger partial charge on any atom is -0.444 e. The monoisotopic (exact) mass is 483 g/mol. The van der Waals surface area contributed by atoms with Crippen molar-refractivity contribution in [2.75, 3.05) is 12.0 Å². The fourth-order valence-corrected chi connectivity index (χ4v) is 4.31. The van der Waals surface area contributed by atoms with Crippen LogP contribution in [-0.2, 0) is 26.2 Å². The number of nitrogens with one attached hydrogen (secondary N) is 3. The van der Waals surface area contributed by atoms with Crippen molar-refractivity contribution in [3.63, 3.8) is 0 Å². The Labute approximate surface area is 196 Å². The number of ketones is 1. The van der Waals surface area contributed by atoms with Crippen molar-refractivity contribution in [3.8, 4) is 0 Å². The second-order valence-electron chi connectivity index (χ2n) is 9.21. The van der Waals surface area contributed by atoms with Gasteiger partial charge in [-0.2, -0.15) is 5.10 Å². The maximum absolute atomic E-state index is 15.2. The van der Waals surface area contributed by atoms with Gasteiger partial charge in [0, 0.05) is 25.7 Å². The lowest BCUT2D eigenvalue weighted by atomic mass is 9.73. The molecule has 0 aromatic carbocycles. The molecular formula is C22H31F2N5O5. The molecule has 1 unspecified atom stereocenters. The molecule has 188 valence electrons. The third kappa shape index (κ3) is 6.09. The van der Waals surface area contributed by atoms with Gasteiger partial charge in [0.1, 0.15) is 30.0 Å². The van der Waals surface area contributed by atoms with Crippen LogP contribution in [-0.4, -0.2) is 63.5 Å². The number of aromatic nitrogens is 2. The number of hydrogen-bond acceptors (Lipinski definition) is 6. The summed E-state index contributed by atoms with van der Waals surface area (Å²) in [6.45, 7) is 0.421. The molecule has 2 fully saturated rings. The van der Waals surface area contributed by atoms with Gasteiger partial charge < -0.3 is 20.7 Å². The predicted molar refractivity (Wildman–Crippen MR) is 117 cm³/mol. The fraction of sp³-hybridized carbons (Fsp3) is 0.682. The first-order valence-electron chi connectivity index (χ1n) is 11.5. The minimum absolute atomic E-state index is 0.187. The van der Waals surface area contributed by atoms with Gasteiger partial charge in [-0.05, 0) is 39.0 Å². The number of amides is 3. The molecule has 0 saturated heterocycles. The number of hydrogen-bond donors (Lipinski definition) is 3. The molecule has 1 aromatic rings. The molecule has 10 nitrogen and oxygen atoms in total. The number of ether oxygens (including phenoxy) is 1. The third-order valence-corrected chi connectivity index (χ3v) is 6.37. The average Bonchev–Trinajstić information content (AvgIpc) is 3.37. The van der Waals surface area contributed by atoms with Gasteiger partial charge in [0.25, 0.3) is 5.91 Å². The maximum atomic E-state index is 15.2. The van der Waals surface area contributed by atoms with Gasteiger partial charge in [0.2, 0.25) is 11.7 Å². The molecule has 2 aliphatic carbocycles. The highest BCUT2D eigenvalue weighted by Crippen LogP contribution is 2.38. The SMILES string of the molecule is CC(CF)OC(=O)N[C@@H](CC1(F)CCCC1)C(=O)NC1(C(=O)C(=O)Nc2ccn(C)n2)CCC1. The summed E-state index contributed by atoms with van der Waals surface area (Å²) in [7, 11) is 1.65. The van der Waals surface area contributed by atoms with E-state index in [1.807, 2.05) is 0 Å². The summed E-state index contributed by atoms with van der Waals surface area (Å²) in [5.74, 6) is -2.39. The lowest BCUT2D eigenvalue weighted by Gasteiger charge is -2.41. The number of alkyl halides is 2. The number of carbonyl (C=O) groups is 4. The van der Waals surface area contributed by atoms with Gasteiger partial charge in [0.05, 0.1) is 0 Å². The maximum Gasteiger partial charge on any atom is 0.408 e. The summed E-state index contributed by atoms with van der Waals surface area (Å²) < 4.78 is 34.2. The summed E-state index contributed by atoms with van der Waals surface area (Å²) in [6, 6.07) is 0.162. The number of Topliss-reactive ketones (excluding diaryl/α,β-unsaturated/α-hetero) is 1. The second-order valence-corrected chi connectivity index (χ2v) is 9.21. The number of alkyl carbamates (subject to hydrolysis) is 1. The molecule has 1 aromatic heterocycles. The first-order chi connectivity index (χ1) is 16.1. The van der Waals surface area contributed by atoms with Crippen LogP contribution in [0.2, 0.25) is 0 Å². The van der Waals surface area contributed by atoms with Crippen molar-refractivity contribution in [3.05, 3.63) is 12.3 Å². The molecule has 2 aliphatic rings. The molecule has 2 saturated carbocycles. The largest absolute Gasteiger partial charge is 0.444 e. The number of aryl methyl sites for hydroxylation is 1. The summed E-state index contributed by atoms with van der Waals surface area (Å²) >= 11 is 0. The molecule has 0 aliphatic heterocycles. The topological polar surface area (TPSA) is 131 Å². The fourth-order valence-electron chi connectivity index (χ4n) is 4.31. The van der Waals surface area contributed by atoms with Crippen LogP contribution in [0.3, 0.4) is 0 Å². The van der Waals surface area contributed by atoms with Gasteiger partial charge >= 0.3 is 6.09 Å². The molecule has 12 heteroatoms. The van der Waals surface area contributed by atoms with Crippen LogP contribution < -0.4 is 16.0 Å². The molecule has 3 rings (SSSR count). The van der Waals surface area contributed by atoms with E-state index in [1.54, 1.807) is 13.2 Å². The number of anilines is 1. The van der Waals surface area contributed by atoms with E-state index in [1.165, 1.54) is 17.7 Å².